The molecule has 0 bridgehead atoms. The fourth-order valence-corrected chi connectivity index (χ4v) is 2.26. The molecule has 0 unspecified atom stereocenters. The average Bonchev–Trinajstić information content (AvgIpc) is 2.86. The fraction of sp³-hybridized carbons (Fsp3) is 0.0909. The van der Waals surface area contributed by atoms with Crippen LogP contribution in [0.15, 0.2) is 30.6 Å². The topological polar surface area (TPSA) is 73.6 Å². The standard InChI is InChI=1S/C11H5F4N3O3S/c12-6-2-1-3-7-8(6)18-5-4-16-9(18)10(17-7)21-22(19,20)11(13,14)15/h1-5H. The summed E-state index contributed by atoms with van der Waals surface area (Å²) in [6.07, 6.45) is 2.39. The summed E-state index contributed by atoms with van der Waals surface area (Å²) in [5.41, 5.74) is -6.12. The molecule has 22 heavy (non-hydrogen) atoms. The summed E-state index contributed by atoms with van der Waals surface area (Å²) in [5.74, 6) is -1.58. The summed E-state index contributed by atoms with van der Waals surface area (Å²) in [5, 5.41) is 0. The number of aromatic nitrogens is 3. The van der Waals surface area contributed by atoms with Crippen molar-refractivity contribution in [1.29, 1.82) is 0 Å². The Labute approximate surface area is 120 Å². The molecule has 0 aliphatic carbocycles. The zero-order chi connectivity index (χ0) is 16.1. The maximum Gasteiger partial charge on any atom is 0.534 e. The van der Waals surface area contributed by atoms with E-state index in [2.05, 4.69) is 14.2 Å². The molecule has 2 heterocycles. The van der Waals surface area contributed by atoms with Gasteiger partial charge in [-0.05, 0) is 12.1 Å². The van der Waals surface area contributed by atoms with E-state index in [1.54, 1.807) is 0 Å². The number of halogens is 4. The SMILES string of the molecule is O=S(=O)(Oc1nc2cccc(F)c2n2ccnc12)C(F)(F)F. The van der Waals surface area contributed by atoms with E-state index in [0.717, 1.165) is 16.7 Å². The Morgan fingerprint density at radius 3 is 2.64 bits per heavy atom. The molecule has 0 atom stereocenters. The molecular formula is C11H5F4N3O3S. The van der Waals surface area contributed by atoms with Gasteiger partial charge in [0.15, 0.2) is 0 Å². The first-order chi connectivity index (χ1) is 10.2. The molecule has 0 aliphatic rings. The molecule has 0 spiro atoms. The van der Waals surface area contributed by atoms with Crippen LogP contribution in [0.4, 0.5) is 17.6 Å². The van der Waals surface area contributed by atoms with Gasteiger partial charge in [-0.2, -0.15) is 21.6 Å². The number of para-hydroxylation sites is 1. The van der Waals surface area contributed by atoms with E-state index in [9.17, 15) is 26.0 Å². The molecule has 0 N–H and O–H groups in total. The van der Waals surface area contributed by atoms with Crippen molar-refractivity contribution in [2.45, 2.75) is 5.51 Å². The van der Waals surface area contributed by atoms with Gasteiger partial charge in [0.1, 0.15) is 11.3 Å². The molecular weight excluding hydrogens is 330 g/mol. The lowest BCUT2D eigenvalue weighted by atomic mass is 10.3. The van der Waals surface area contributed by atoms with Crippen molar-refractivity contribution in [3.63, 3.8) is 0 Å². The van der Waals surface area contributed by atoms with Crippen molar-refractivity contribution in [2.75, 3.05) is 0 Å². The van der Waals surface area contributed by atoms with Gasteiger partial charge in [-0.25, -0.2) is 14.4 Å². The quantitative estimate of drug-likeness (QED) is 0.408. The maximum atomic E-state index is 13.8. The van der Waals surface area contributed by atoms with Crippen LogP contribution in [0.25, 0.3) is 16.7 Å². The second-order valence-electron chi connectivity index (χ2n) is 4.13. The molecule has 11 heteroatoms. The summed E-state index contributed by atoms with van der Waals surface area (Å²) in [4.78, 5) is 7.26. The van der Waals surface area contributed by atoms with E-state index in [0.29, 0.717) is 0 Å². The molecule has 1 aromatic carbocycles. The number of benzene rings is 1. The lowest BCUT2D eigenvalue weighted by Gasteiger charge is -2.11. The number of imidazole rings is 1. The van der Waals surface area contributed by atoms with Gasteiger partial charge < -0.3 is 4.18 Å². The monoisotopic (exact) mass is 335 g/mol. The van der Waals surface area contributed by atoms with Crippen LogP contribution in [0.3, 0.4) is 0 Å². The number of hydrogen-bond acceptors (Lipinski definition) is 5. The molecule has 116 valence electrons. The molecule has 3 aromatic rings. The Balaban J connectivity index is 2.29. The third-order valence-electron chi connectivity index (χ3n) is 2.73. The molecule has 0 fully saturated rings. The lowest BCUT2D eigenvalue weighted by Crippen LogP contribution is -2.28. The molecule has 3 rings (SSSR count). The van der Waals surface area contributed by atoms with Gasteiger partial charge in [-0.15, -0.1) is 0 Å². The first-order valence-corrected chi connectivity index (χ1v) is 7.03. The van der Waals surface area contributed by atoms with Crippen molar-refractivity contribution in [3.8, 4) is 5.88 Å². The molecule has 0 amide bonds. The second kappa shape index (κ2) is 4.53. The minimum absolute atomic E-state index is 0.0632. The highest BCUT2D eigenvalue weighted by Crippen LogP contribution is 2.30. The Bertz CT molecular complexity index is 981. The first kappa shape index (κ1) is 14.5. The van der Waals surface area contributed by atoms with Gasteiger partial charge in [0.05, 0.1) is 5.52 Å². The van der Waals surface area contributed by atoms with Crippen molar-refractivity contribution < 1.29 is 30.2 Å². The minimum Gasteiger partial charge on any atom is -0.351 e. The predicted molar refractivity (Wildman–Crippen MR) is 66.1 cm³/mol. The van der Waals surface area contributed by atoms with E-state index in [4.69, 9.17) is 0 Å². The number of nitrogens with zero attached hydrogens (tertiary/aromatic N) is 3. The highest BCUT2D eigenvalue weighted by atomic mass is 32.2. The average molecular weight is 335 g/mol. The molecule has 0 saturated carbocycles. The molecule has 0 aliphatic heterocycles. The van der Waals surface area contributed by atoms with Crippen LogP contribution >= 0.6 is 0 Å². The highest BCUT2D eigenvalue weighted by molar-refractivity contribution is 7.88. The van der Waals surface area contributed by atoms with Crippen LogP contribution < -0.4 is 4.18 Å². The summed E-state index contributed by atoms with van der Waals surface area (Å²) >= 11 is 0. The summed E-state index contributed by atoms with van der Waals surface area (Å²) in [6, 6.07) is 3.69. The summed E-state index contributed by atoms with van der Waals surface area (Å²) in [7, 11) is -5.91. The van der Waals surface area contributed by atoms with Gasteiger partial charge >= 0.3 is 15.6 Å². The van der Waals surface area contributed by atoms with Crippen LogP contribution in [0.2, 0.25) is 0 Å². The van der Waals surface area contributed by atoms with Gasteiger partial charge in [0, 0.05) is 12.4 Å². The van der Waals surface area contributed by atoms with E-state index >= 15 is 0 Å². The Morgan fingerprint density at radius 2 is 1.95 bits per heavy atom. The van der Waals surface area contributed by atoms with Gasteiger partial charge in [0.25, 0.3) is 5.88 Å². The van der Waals surface area contributed by atoms with E-state index in [1.807, 2.05) is 0 Å². The molecule has 0 radical (unpaired) electrons. The van der Waals surface area contributed by atoms with E-state index in [-0.39, 0.29) is 16.7 Å². The molecule has 0 saturated heterocycles. The van der Waals surface area contributed by atoms with Gasteiger partial charge in [0.2, 0.25) is 5.65 Å². The number of hydrogen-bond donors (Lipinski definition) is 0. The minimum atomic E-state index is -5.91. The van der Waals surface area contributed by atoms with Crippen LogP contribution in [0.5, 0.6) is 5.88 Å². The smallest absolute Gasteiger partial charge is 0.351 e. The highest BCUT2D eigenvalue weighted by Gasteiger charge is 2.49. The van der Waals surface area contributed by atoms with Crippen LogP contribution in [-0.2, 0) is 10.1 Å². The third kappa shape index (κ3) is 2.13. The number of alkyl halides is 3. The first-order valence-electron chi connectivity index (χ1n) is 5.63. The molecule has 6 nitrogen and oxygen atoms in total. The number of rotatable bonds is 2. The van der Waals surface area contributed by atoms with Gasteiger partial charge in [-0.3, -0.25) is 4.40 Å². The van der Waals surface area contributed by atoms with Crippen LogP contribution in [0, 0.1) is 5.82 Å². The summed E-state index contributed by atoms with van der Waals surface area (Å²) in [6.45, 7) is 0. The Hall–Kier alpha value is -2.43. The van der Waals surface area contributed by atoms with Crippen LogP contribution in [0.1, 0.15) is 0 Å². The predicted octanol–water partition coefficient (Wildman–Crippen LogP) is 2.25. The largest absolute Gasteiger partial charge is 0.534 e. The van der Waals surface area contributed by atoms with Crippen molar-refractivity contribution in [2.24, 2.45) is 0 Å². The van der Waals surface area contributed by atoms with Crippen molar-refractivity contribution >= 4 is 26.8 Å². The van der Waals surface area contributed by atoms with E-state index in [1.165, 1.54) is 18.3 Å². The van der Waals surface area contributed by atoms with Crippen LogP contribution in [-0.4, -0.2) is 28.3 Å². The fourth-order valence-electron chi connectivity index (χ4n) is 1.84. The second-order valence-corrected chi connectivity index (χ2v) is 5.67. The lowest BCUT2D eigenvalue weighted by molar-refractivity contribution is -0.0500. The normalized spacial score (nSPS) is 12.9. The maximum absolute atomic E-state index is 13.8. The Morgan fingerprint density at radius 1 is 1.23 bits per heavy atom. The number of fused-ring (bicyclic) bond motifs is 3. The van der Waals surface area contributed by atoms with Crippen molar-refractivity contribution in [3.05, 3.63) is 36.4 Å². The Kier molecular flexibility index (Phi) is 2.99. The molecule has 2 aromatic heterocycles. The summed E-state index contributed by atoms with van der Waals surface area (Å²) < 4.78 is 78.3. The third-order valence-corrected chi connectivity index (χ3v) is 3.68. The van der Waals surface area contributed by atoms with E-state index < -0.39 is 27.3 Å². The van der Waals surface area contributed by atoms with Crippen molar-refractivity contribution in [1.82, 2.24) is 14.4 Å². The zero-order valence-electron chi connectivity index (χ0n) is 10.4. The zero-order valence-corrected chi connectivity index (χ0v) is 11.2. The van der Waals surface area contributed by atoms with Gasteiger partial charge in [-0.1, -0.05) is 6.07 Å².